The van der Waals surface area contributed by atoms with Crippen molar-refractivity contribution in [3.8, 4) is 0 Å². The Hall–Kier alpha value is -1.06. The number of fused-ring (bicyclic) bond motifs is 1. The van der Waals surface area contributed by atoms with E-state index in [2.05, 4.69) is 54.3 Å². The lowest BCUT2D eigenvalue weighted by atomic mass is 9.97. The summed E-state index contributed by atoms with van der Waals surface area (Å²) in [6, 6.07) is 6.72. The molecule has 0 amide bonds. The van der Waals surface area contributed by atoms with Crippen molar-refractivity contribution in [3.63, 3.8) is 0 Å². The van der Waals surface area contributed by atoms with Crippen molar-refractivity contribution in [1.82, 2.24) is 9.80 Å². The van der Waals surface area contributed by atoms with Gasteiger partial charge in [0.05, 0.1) is 0 Å². The molecule has 20 heavy (non-hydrogen) atoms. The first-order valence-corrected chi connectivity index (χ1v) is 7.92. The van der Waals surface area contributed by atoms with E-state index in [1.54, 1.807) is 5.56 Å². The molecule has 1 N–H and O–H groups in total. The second kappa shape index (κ2) is 7.65. The van der Waals surface area contributed by atoms with Crippen LogP contribution in [0.5, 0.6) is 0 Å². The summed E-state index contributed by atoms with van der Waals surface area (Å²) < 4.78 is 0. The highest BCUT2D eigenvalue weighted by Gasteiger charge is 2.14. The molecule has 0 aliphatic carbocycles. The van der Waals surface area contributed by atoms with Crippen molar-refractivity contribution in [2.45, 2.75) is 32.7 Å². The average molecular weight is 275 g/mol. The Balaban J connectivity index is 1.97. The molecule has 0 fully saturated rings. The van der Waals surface area contributed by atoms with E-state index in [-0.39, 0.29) is 0 Å². The maximum Gasteiger partial charge on any atom is 0.0375 e. The summed E-state index contributed by atoms with van der Waals surface area (Å²) in [4.78, 5) is 4.83. The van der Waals surface area contributed by atoms with Crippen LogP contribution in [0.15, 0.2) is 18.2 Å². The molecule has 1 heterocycles. The maximum absolute atomic E-state index is 3.53. The molecule has 0 radical (unpaired) electrons. The Labute approximate surface area is 124 Å². The number of nitrogens with zero attached hydrogens (tertiary/aromatic N) is 2. The van der Waals surface area contributed by atoms with Gasteiger partial charge in [-0.25, -0.2) is 0 Å². The van der Waals surface area contributed by atoms with Gasteiger partial charge in [-0.1, -0.05) is 19.1 Å². The highest BCUT2D eigenvalue weighted by molar-refractivity contribution is 5.56. The molecule has 1 aromatic rings. The van der Waals surface area contributed by atoms with Crippen LogP contribution in [0.1, 0.15) is 30.9 Å². The molecular weight excluding hydrogens is 246 g/mol. The van der Waals surface area contributed by atoms with E-state index in [1.165, 1.54) is 43.6 Å². The molecule has 0 spiro atoms. The Bertz CT molecular complexity index is 415. The third kappa shape index (κ3) is 4.22. The molecular formula is C17H29N3. The van der Waals surface area contributed by atoms with Gasteiger partial charge in [0.1, 0.15) is 0 Å². The first-order chi connectivity index (χ1) is 9.70. The lowest BCUT2D eigenvalue weighted by Gasteiger charge is -2.26. The Morgan fingerprint density at radius 1 is 1.20 bits per heavy atom. The minimum absolute atomic E-state index is 1.09. The van der Waals surface area contributed by atoms with E-state index < -0.39 is 0 Å². The number of anilines is 1. The summed E-state index contributed by atoms with van der Waals surface area (Å²) in [5.74, 6) is 0. The maximum atomic E-state index is 3.53. The van der Waals surface area contributed by atoms with Gasteiger partial charge >= 0.3 is 0 Å². The minimum atomic E-state index is 1.09. The molecule has 0 saturated heterocycles. The monoisotopic (exact) mass is 275 g/mol. The molecule has 1 aliphatic rings. The molecule has 0 atom stereocenters. The van der Waals surface area contributed by atoms with Gasteiger partial charge in [0, 0.05) is 18.8 Å². The van der Waals surface area contributed by atoms with Crippen LogP contribution in [0.4, 0.5) is 5.69 Å². The summed E-state index contributed by atoms with van der Waals surface area (Å²) in [6.07, 6.45) is 3.73. The second-order valence-electron chi connectivity index (χ2n) is 6.00. The minimum Gasteiger partial charge on any atom is -0.385 e. The van der Waals surface area contributed by atoms with Crippen molar-refractivity contribution in [2.75, 3.05) is 45.6 Å². The molecule has 0 unspecified atom stereocenters. The zero-order chi connectivity index (χ0) is 14.4. The molecule has 2 rings (SSSR count). The van der Waals surface area contributed by atoms with E-state index in [1.807, 2.05) is 0 Å². The molecule has 0 aromatic heterocycles. The van der Waals surface area contributed by atoms with Crippen molar-refractivity contribution < 1.29 is 0 Å². The third-order valence-electron chi connectivity index (χ3n) is 4.11. The van der Waals surface area contributed by atoms with E-state index in [0.717, 1.165) is 19.6 Å². The fraction of sp³-hybridized carbons (Fsp3) is 0.647. The number of nitrogens with one attached hydrogen (secondary N) is 1. The van der Waals surface area contributed by atoms with E-state index in [0.29, 0.717) is 0 Å². The summed E-state index contributed by atoms with van der Waals surface area (Å²) in [7, 11) is 4.30. The molecule has 0 bridgehead atoms. The van der Waals surface area contributed by atoms with E-state index >= 15 is 0 Å². The molecule has 1 aliphatic heterocycles. The summed E-state index contributed by atoms with van der Waals surface area (Å²) in [5.41, 5.74) is 4.42. The largest absolute Gasteiger partial charge is 0.385 e. The Morgan fingerprint density at radius 3 is 2.80 bits per heavy atom. The van der Waals surface area contributed by atoms with Crippen molar-refractivity contribution in [1.29, 1.82) is 0 Å². The highest BCUT2D eigenvalue weighted by Crippen LogP contribution is 2.26. The lowest BCUT2D eigenvalue weighted by molar-refractivity contribution is 0.258. The van der Waals surface area contributed by atoms with Gasteiger partial charge in [-0.2, -0.15) is 0 Å². The van der Waals surface area contributed by atoms with Gasteiger partial charge in [-0.05, 0) is 70.2 Å². The van der Waals surface area contributed by atoms with Gasteiger partial charge in [-0.15, -0.1) is 0 Å². The lowest BCUT2D eigenvalue weighted by Crippen LogP contribution is -2.27. The second-order valence-corrected chi connectivity index (χ2v) is 6.00. The predicted molar refractivity (Wildman–Crippen MR) is 87.4 cm³/mol. The smallest absolute Gasteiger partial charge is 0.0375 e. The predicted octanol–water partition coefficient (Wildman–Crippen LogP) is 2.82. The molecule has 1 aromatic carbocycles. The first kappa shape index (κ1) is 15.3. The SMILES string of the molecule is CCN(CCCN(C)C)Cc1cccc2c1CCCN2. The van der Waals surface area contributed by atoms with Crippen molar-refractivity contribution in [3.05, 3.63) is 29.3 Å². The zero-order valence-electron chi connectivity index (χ0n) is 13.3. The number of rotatable bonds is 7. The summed E-state index contributed by atoms with van der Waals surface area (Å²) in [5, 5.41) is 3.53. The van der Waals surface area contributed by atoms with Gasteiger partial charge in [0.15, 0.2) is 0 Å². The average Bonchev–Trinajstić information content (AvgIpc) is 2.46. The first-order valence-electron chi connectivity index (χ1n) is 7.92. The fourth-order valence-corrected chi connectivity index (χ4v) is 2.93. The molecule has 3 nitrogen and oxygen atoms in total. The van der Waals surface area contributed by atoms with Gasteiger partial charge in [0.2, 0.25) is 0 Å². The molecule has 112 valence electrons. The quantitative estimate of drug-likeness (QED) is 0.825. The van der Waals surface area contributed by atoms with E-state index in [9.17, 15) is 0 Å². The van der Waals surface area contributed by atoms with Crippen LogP contribution in [0, 0.1) is 0 Å². The van der Waals surface area contributed by atoms with Crippen LogP contribution in [-0.2, 0) is 13.0 Å². The Kier molecular flexibility index (Phi) is 5.86. The van der Waals surface area contributed by atoms with Crippen LogP contribution < -0.4 is 5.32 Å². The van der Waals surface area contributed by atoms with Crippen LogP contribution >= 0.6 is 0 Å². The number of hydrogen-bond donors (Lipinski definition) is 1. The highest BCUT2D eigenvalue weighted by atomic mass is 15.1. The van der Waals surface area contributed by atoms with Gasteiger partial charge in [-0.3, -0.25) is 4.90 Å². The summed E-state index contributed by atoms with van der Waals surface area (Å²) >= 11 is 0. The normalized spacial score (nSPS) is 14.4. The van der Waals surface area contributed by atoms with E-state index in [4.69, 9.17) is 0 Å². The van der Waals surface area contributed by atoms with Gasteiger partial charge in [0.25, 0.3) is 0 Å². The number of hydrogen-bond acceptors (Lipinski definition) is 3. The number of benzene rings is 1. The van der Waals surface area contributed by atoms with Crippen LogP contribution in [0.3, 0.4) is 0 Å². The fourth-order valence-electron chi connectivity index (χ4n) is 2.93. The van der Waals surface area contributed by atoms with Crippen LogP contribution in [-0.4, -0.2) is 50.1 Å². The molecule has 0 saturated carbocycles. The standard InChI is InChI=1S/C17H29N3/c1-4-20(13-7-12-19(2)3)14-15-8-5-10-17-16(15)9-6-11-18-17/h5,8,10,18H,4,6-7,9,11-14H2,1-3H3. The topological polar surface area (TPSA) is 18.5 Å². The third-order valence-corrected chi connectivity index (χ3v) is 4.11. The van der Waals surface area contributed by atoms with Crippen LogP contribution in [0.25, 0.3) is 0 Å². The summed E-state index contributed by atoms with van der Waals surface area (Å²) in [6.45, 7) is 7.97. The van der Waals surface area contributed by atoms with Crippen LogP contribution in [0.2, 0.25) is 0 Å². The zero-order valence-corrected chi connectivity index (χ0v) is 13.3. The van der Waals surface area contributed by atoms with Crippen molar-refractivity contribution in [2.24, 2.45) is 0 Å². The van der Waals surface area contributed by atoms with Crippen molar-refractivity contribution >= 4 is 5.69 Å². The molecule has 3 heteroatoms. The Morgan fingerprint density at radius 2 is 2.05 bits per heavy atom. The van der Waals surface area contributed by atoms with Gasteiger partial charge < -0.3 is 10.2 Å².